The molecule has 2 amide bonds. The van der Waals surface area contributed by atoms with E-state index in [0.717, 1.165) is 38.4 Å². The normalized spacial score (nSPS) is 21.7. The molecule has 0 aliphatic carbocycles. The van der Waals surface area contributed by atoms with Gasteiger partial charge in [-0.2, -0.15) is 0 Å². The lowest BCUT2D eigenvalue weighted by Gasteiger charge is -2.28. The first-order valence-electron chi connectivity index (χ1n) is 10.9. The summed E-state index contributed by atoms with van der Waals surface area (Å²) in [6.45, 7) is 4.77. The van der Waals surface area contributed by atoms with E-state index in [4.69, 9.17) is 4.74 Å². The summed E-state index contributed by atoms with van der Waals surface area (Å²) in [5, 5.41) is 5.30. The third kappa shape index (κ3) is 6.09. The molecule has 0 bridgehead atoms. The number of ether oxygens (including phenoxy) is 1. The number of benzene rings is 2. The van der Waals surface area contributed by atoms with E-state index >= 15 is 0 Å². The molecule has 2 heterocycles. The van der Waals surface area contributed by atoms with E-state index in [-0.39, 0.29) is 17.6 Å². The summed E-state index contributed by atoms with van der Waals surface area (Å²) < 4.78 is 19.2. The lowest BCUT2D eigenvalue weighted by molar-refractivity contribution is -0.128. The van der Waals surface area contributed by atoms with Crippen LogP contribution in [0.15, 0.2) is 48.5 Å². The summed E-state index contributed by atoms with van der Waals surface area (Å²) in [6.07, 6.45) is 0.314. The van der Waals surface area contributed by atoms with Crippen molar-refractivity contribution in [2.75, 3.05) is 32.1 Å². The molecular formula is C24H28FN3O3S. The number of hydrogen-bond donors (Lipinski definition) is 2. The number of thioether (sulfide) groups is 1. The highest BCUT2D eigenvalue weighted by atomic mass is 32.2. The van der Waals surface area contributed by atoms with Gasteiger partial charge in [0.1, 0.15) is 11.9 Å². The van der Waals surface area contributed by atoms with E-state index in [9.17, 15) is 14.0 Å². The molecule has 8 heteroatoms. The van der Waals surface area contributed by atoms with Gasteiger partial charge in [0.2, 0.25) is 11.8 Å². The number of carbonyl (C=O) groups excluding carboxylic acids is 2. The molecule has 0 aromatic heterocycles. The van der Waals surface area contributed by atoms with E-state index in [1.807, 2.05) is 12.1 Å². The van der Waals surface area contributed by atoms with Crippen LogP contribution in [0.3, 0.4) is 0 Å². The molecule has 2 unspecified atom stereocenters. The van der Waals surface area contributed by atoms with E-state index in [2.05, 4.69) is 27.7 Å². The van der Waals surface area contributed by atoms with Crippen molar-refractivity contribution in [3.8, 4) is 0 Å². The topological polar surface area (TPSA) is 70.7 Å². The Morgan fingerprint density at radius 2 is 1.84 bits per heavy atom. The van der Waals surface area contributed by atoms with Crippen molar-refractivity contribution in [2.24, 2.45) is 0 Å². The van der Waals surface area contributed by atoms with Gasteiger partial charge in [-0.15, -0.1) is 11.8 Å². The maximum Gasteiger partial charge on any atom is 0.243 e. The van der Waals surface area contributed by atoms with Crippen LogP contribution in [-0.4, -0.2) is 60.1 Å². The number of halogens is 1. The summed E-state index contributed by atoms with van der Waals surface area (Å²) >= 11 is 1.40. The Morgan fingerprint density at radius 3 is 2.56 bits per heavy atom. The van der Waals surface area contributed by atoms with E-state index in [1.165, 1.54) is 23.4 Å². The Labute approximate surface area is 191 Å². The second kappa shape index (κ2) is 10.9. The first-order valence-corrected chi connectivity index (χ1v) is 11.9. The van der Waals surface area contributed by atoms with Gasteiger partial charge in [-0.1, -0.05) is 42.5 Å². The fraction of sp³-hybridized carbons (Fsp3) is 0.417. The molecule has 2 atom stereocenters. The molecule has 2 aliphatic heterocycles. The standard InChI is InChI=1S/C24H28FN3O3S/c25-20-4-2-1-3-19(20)13-22-24(30)27-21(16-32-22)23(29)26-14-17-5-7-18(8-6-17)15-28-9-11-31-12-10-28/h1-8,21-22H,9-16H2,(H,26,29)(H,27,30). The minimum absolute atomic E-state index is 0.201. The maximum atomic E-state index is 13.9. The SMILES string of the molecule is O=C(NCc1ccc(CN2CCOCC2)cc1)C1CSC(Cc2ccccc2F)C(=O)N1. The highest BCUT2D eigenvalue weighted by Crippen LogP contribution is 2.23. The fourth-order valence-corrected chi connectivity index (χ4v) is 5.02. The van der Waals surface area contributed by atoms with Crippen molar-refractivity contribution in [1.29, 1.82) is 0 Å². The number of rotatable bonds is 7. The number of nitrogens with one attached hydrogen (secondary N) is 2. The van der Waals surface area contributed by atoms with Crippen molar-refractivity contribution in [3.63, 3.8) is 0 Å². The molecule has 4 rings (SSSR count). The monoisotopic (exact) mass is 457 g/mol. The van der Waals surface area contributed by atoms with E-state index < -0.39 is 11.3 Å². The molecule has 0 spiro atoms. The minimum atomic E-state index is -0.579. The number of carbonyl (C=O) groups is 2. The average molecular weight is 458 g/mol. The molecule has 0 radical (unpaired) electrons. The zero-order valence-corrected chi connectivity index (χ0v) is 18.7. The van der Waals surface area contributed by atoms with Crippen LogP contribution < -0.4 is 10.6 Å². The van der Waals surface area contributed by atoms with Crippen LogP contribution >= 0.6 is 11.8 Å². The summed E-state index contributed by atoms with van der Waals surface area (Å²) in [6, 6.07) is 14.1. The smallest absolute Gasteiger partial charge is 0.243 e. The molecule has 2 aromatic carbocycles. The third-order valence-corrected chi connectivity index (χ3v) is 7.06. The highest BCUT2D eigenvalue weighted by Gasteiger charge is 2.32. The largest absolute Gasteiger partial charge is 0.379 e. The first kappa shape index (κ1) is 22.8. The van der Waals surface area contributed by atoms with Gasteiger partial charge in [0.25, 0.3) is 0 Å². The van der Waals surface area contributed by atoms with Crippen molar-refractivity contribution < 1.29 is 18.7 Å². The summed E-state index contributed by atoms with van der Waals surface area (Å²) in [4.78, 5) is 27.4. The summed E-state index contributed by atoms with van der Waals surface area (Å²) in [7, 11) is 0. The van der Waals surface area contributed by atoms with Crippen LogP contribution in [0.4, 0.5) is 4.39 Å². The molecule has 170 valence electrons. The summed E-state index contributed by atoms with van der Waals surface area (Å²) in [5.74, 6) is -0.267. The van der Waals surface area contributed by atoms with Crippen molar-refractivity contribution in [1.82, 2.24) is 15.5 Å². The van der Waals surface area contributed by atoms with Crippen molar-refractivity contribution in [3.05, 3.63) is 71.0 Å². The lowest BCUT2D eigenvalue weighted by atomic mass is 10.1. The maximum absolute atomic E-state index is 13.9. The zero-order chi connectivity index (χ0) is 22.3. The second-order valence-electron chi connectivity index (χ2n) is 8.10. The number of nitrogens with zero attached hydrogens (tertiary/aromatic N) is 1. The molecule has 32 heavy (non-hydrogen) atoms. The predicted molar refractivity (Wildman–Crippen MR) is 123 cm³/mol. The zero-order valence-electron chi connectivity index (χ0n) is 17.9. The molecule has 2 N–H and O–H groups in total. The van der Waals surface area contributed by atoms with E-state index in [0.29, 0.717) is 24.3 Å². The Bertz CT molecular complexity index is 934. The Morgan fingerprint density at radius 1 is 1.12 bits per heavy atom. The summed E-state index contributed by atoms with van der Waals surface area (Å²) in [5.41, 5.74) is 2.76. The van der Waals surface area contributed by atoms with Crippen LogP contribution in [0.1, 0.15) is 16.7 Å². The van der Waals surface area contributed by atoms with Crippen LogP contribution in [0.2, 0.25) is 0 Å². The van der Waals surface area contributed by atoms with E-state index in [1.54, 1.807) is 18.2 Å². The number of morpholine rings is 1. The Hall–Kier alpha value is -2.42. The minimum Gasteiger partial charge on any atom is -0.379 e. The molecule has 0 saturated carbocycles. The van der Waals surface area contributed by atoms with Gasteiger partial charge in [-0.25, -0.2) is 4.39 Å². The highest BCUT2D eigenvalue weighted by molar-refractivity contribution is 8.00. The molecular weight excluding hydrogens is 429 g/mol. The molecule has 2 aliphatic rings. The van der Waals surface area contributed by atoms with Gasteiger partial charge >= 0.3 is 0 Å². The van der Waals surface area contributed by atoms with Crippen LogP contribution in [0.5, 0.6) is 0 Å². The average Bonchev–Trinajstić information content (AvgIpc) is 2.82. The molecule has 2 saturated heterocycles. The van der Waals surface area contributed by atoms with Crippen LogP contribution in [-0.2, 0) is 33.8 Å². The molecule has 2 fully saturated rings. The lowest BCUT2D eigenvalue weighted by Crippen LogP contribution is -2.54. The van der Waals surface area contributed by atoms with Gasteiger partial charge in [-0.05, 0) is 29.2 Å². The van der Waals surface area contributed by atoms with Gasteiger partial charge in [0.05, 0.1) is 18.5 Å². The van der Waals surface area contributed by atoms with Crippen molar-refractivity contribution >= 4 is 23.6 Å². The van der Waals surface area contributed by atoms with Crippen LogP contribution in [0, 0.1) is 5.82 Å². The third-order valence-electron chi connectivity index (χ3n) is 5.75. The second-order valence-corrected chi connectivity index (χ2v) is 9.34. The van der Waals surface area contributed by atoms with Crippen molar-refractivity contribution in [2.45, 2.75) is 30.8 Å². The quantitative estimate of drug-likeness (QED) is 0.667. The number of amides is 2. The Balaban J connectivity index is 1.22. The van der Waals surface area contributed by atoms with Gasteiger partial charge in [0.15, 0.2) is 0 Å². The first-order chi connectivity index (χ1) is 15.6. The molecule has 6 nitrogen and oxygen atoms in total. The van der Waals surface area contributed by atoms with Gasteiger partial charge in [-0.3, -0.25) is 14.5 Å². The molecule has 2 aromatic rings. The Kier molecular flexibility index (Phi) is 7.78. The number of hydrogen-bond acceptors (Lipinski definition) is 5. The van der Waals surface area contributed by atoms with Gasteiger partial charge < -0.3 is 15.4 Å². The predicted octanol–water partition coefficient (Wildman–Crippen LogP) is 2.12. The fourth-order valence-electron chi connectivity index (χ4n) is 3.84. The van der Waals surface area contributed by atoms with Crippen LogP contribution in [0.25, 0.3) is 0 Å². The van der Waals surface area contributed by atoms with Gasteiger partial charge in [0, 0.05) is 31.9 Å².